The SMILES string of the molecule is COc1ccc(C)cc1N1C(=O)CC(Sc2ccccc2C(=O)O)C1=O. The number of imide groups is 1. The molecular formula is C19H17NO5S. The molecule has 3 rings (SSSR count). The second kappa shape index (κ2) is 7.21. The molecule has 1 heterocycles. The summed E-state index contributed by atoms with van der Waals surface area (Å²) in [6.07, 6.45) is 0.00848. The first-order valence-electron chi connectivity index (χ1n) is 7.92. The molecule has 2 amide bonds. The summed E-state index contributed by atoms with van der Waals surface area (Å²) in [4.78, 5) is 38.3. The van der Waals surface area contributed by atoms with Crippen molar-refractivity contribution < 1.29 is 24.2 Å². The second-order valence-electron chi connectivity index (χ2n) is 5.85. The quantitative estimate of drug-likeness (QED) is 0.813. The molecule has 1 atom stereocenters. The molecule has 0 aliphatic carbocycles. The van der Waals surface area contributed by atoms with Crippen LogP contribution in [0.15, 0.2) is 47.4 Å². The number of carboxylic acids is 1. The molecule has 2 aromatic rings. The van der Waals surface area contributed by atoms with Gasteiger partial charge < -0.3 is 9.84 Å². The molecule has 7 heteroatoms. The zero-order chi connectivity index (χ0) is 18.8. The normalized spacial score (nSPS) is 16.8. The van der Waals surface area contributed by atoms with Crippen LogP contribution in [0.1, 0.15) is 22.3 Å². The van der Waals surface area contributed by atoms with E-state index in [0.717, 1.165) is 22.2 Å². The van der Waals surface area contributed by atoms with Gasteiger partial charge in [-0.3, -0.25) is 9.59 Å². The molecule has 1 N–H and O–H groups in total. The zero-order valence-electron chi connectivity index (χ0n) is 14.3. The van der Waals surface area contributed by atoms with E-state index in [2.05, 4.69) is 0 Å². The van der Waals surface area contributed by atoms with Gasteiger partial charge in [0.05, 0.1) is 23.6 Å². The van der Waals surface area contributed by atoms with Gasteiger partial charge in [-0.05, 0) is 36.8 Å². The number of aryl methyl sites for hydroxylation is 1. The van der Waals surface area contributed by atoms with E-state index in [1.54, 1.807) is 30.3 Å². The summed E-state index contributed by atoms with van der Waals surface area (Å²) in [6.45, 7) is 1.86. The number of carbonyl (C=O) groups is 3. The fourth-order valence-electron chi connectivity index (χ4n) is 2.82. The first-order valence-corrected chi connectivity index (χ1v) is 8.80. The number of amides is 2. The Bertz CT molecular complexity index is 895. The summed E-state index contributed by atoms with van der Waals surface area (Å²) < 4.78 is 5.28. The van der Waals surface area contributed by atoms with E-state index in [1.807, 2.05) is 13.0 Å². The number of nitrogens with zero attached hydrogens (tertiary/aromatic N) is 1. The number of anilines is 1. The Morgan fingerprint density at radius 1 is 1.23 bits per heavy atom. The monoisotopic (exact) mass is 371 g/mol. The van der Waals surface area contributed by atoms with Crippen molar-refractivity contribution in [3.05, 3.63) is 53.6 Å². The summed E-state index contributed by atoms with van der Waals surface area (Å²) in [7, 11) is 1.48. The molecule has 2 aromatic carbocycles. The van der Waals surface area contributed by atoms with Crippen molar-refractivity contribution >= 4 is 35.2 Å². The van der Waals surface area contributed by atoms with Crippen LogP contribution < -0.4 is 9.64 Å². The third-order valence-corrected chi connectivity index (χ3v) is 5.33. The third-order valence-electron chi connectivity index (χ3n) is 4.07. The lowest BCUT2D eigenvalue weighted by Crippen LogP contribution is -2.31. The number of carboxylic acid groups (broad SMARTS) is 1. The van der Waals surface area contributed by atoms with Crippen LogP contribution >= 0.6 is 11.8 Å². The fourth-order valence-corrected chi connectivity index (χ4v) is 4.00. The molecule has 0 bridgehead atoms. The van der Waals surface area contributed by atoms with Crippen LogP contribution in [0.5, 0.6) is 5.75 Å². The Morgan fingerprint density at radius 3 is 2.65 bits per heavy atom. The second-order valence-corrected chi connectivity index (χ2v) is 7.10. The van der Waals surface area contributed by atoms with E-state index in [9.17, 15) is 19.5 Å². The van der Waals surface area contributed by atoms with Crippen LogP contribution in [-0.2, 0) is 9.59 Å². The van der Waals surface area contributed by atoms with Crippen molar-refractivity contribution in [2.45, 2.75) is 23.5 Å². The largest absolute Gasteiger partial charge is 0.495 e. The lowest BCUT2D eigenvalue weighted by molar-refractivity contribution is -0.121. The number of carbonyl (C=O) groups excluding carboxylic acids is 2. The molecule has 6 nitrogen and oxygen atoms in total. The molecule has 0 aromatic heterocycles. The van der Waals surface area contributed by atoms with Crippen molar-refractivity contribution in [2.75, 3.05) is 12.0 Å². The smallest absolute Gasteiger partial charge is 0.336 e. The molecule has 0 radical (unpaired) electrons. The summed E-state index contributed by atoms with van der Waals surface area (Å²) in [6, 6.07) is 11.7. The Balaban J connectivity index is 1.91. The van der Waals surface area contributed by atoms with Crippen molar-refractivity contribution in [3.8, 4) is 5.75 Å². The van der Waals surface area contributed by atoms with Gasteiger partial charge in [0.2, 0.25) is 11.8 Å². The number of hydrogen-bond donors (Lipinski definition) is 1. The molecule has 1 fully saturated rings. The first kappa shape index (κ1) is 18.0. The van der Waals surface area contributed by atoms with E-state index >= 15 is 0 Å². The van der Waals surface area contributed by atoms with E-state index in [1.165, 1.54) is 13.2 Å². The molecule has 134 valence electrons. The summed E-state index contributed by atoms with van der Waals surface area (Å²) in [5, 5.41) is 8.62. The van der Waals surface area contributed by atoms with Gasteiger partial charge in [-0.1, -0.05) is 18.2 Å². The highest BCUT2D eigenvalue weighted by atomic mass is 32.2. The summed E-state index contributed by atoms with van der Waals surface area (Å²) >= 11 is 1.10. The van der Waals surface area contributed by atoms with Crippen molar-refractivity contribution in [1.82, 2.24) is 0 Å². The first-order chi connectivity index (χ1) is 12.4. The van der Waals surface area contributed by atoms with Crippen molar-refractivity contribution in [2.24, 2.45) is 0 Å². The van der Waals surface area contributed by atoms with Crippen LogP contribution in [0.3, 0.4) is 0 Å². The highest BCUT2D eigenvalue weighted by Gasteiger charge is 2.41. The Kier molecular flexibility index (Phi) is 4.99. The number of rotatable bonds is 5. The maximum absolute atomic E-state index is 12.9. The summed E-state index contributed by atoms with van der Waals surface area (Å²) in [5.41, 5.74) is 1.43. The number of ether oxygens (including phenoxy) is 1. The average molecular weight is 371 g/mol. The van der Waals surface area contributed by atoms with Gasteiger partial charge in [0, 0.05) is 11.3 Å². The maximum atomic E-state index is 12.9. The number of hydrogen-bond acceptors (Lipinski definition) is 5. The molecule has 1 saturated heterocycles. The van der Waals surface area contributed by atoms with Crippen LogP contribution in [0.25, 0.3) is 0 Å². The fraction of sp³-hybridized carbons (Fsp3) is 0.211. The molecule has 0 spiro atoms. The number of benzene rings is 2. The van der Waals surface area contributed by atoms with Gasteiger partial charge >= 0.3 is 5.97 Å². The molecule has 26 heavy (non-hydrogen) atoms. The van der Waals surface area contributed by atoms with Crippen molar-refractivity contribution in [3.63, 3.8) is 0 Å². The lowest BCUT2D eigenvalue weighted by Gasteiger charge is -2.18. The number of methoxy groups -OCH3 is 1. The van der Waals surface area contributed by atoms with Crippen LogP contribution in [0, 0.1) is 6.92 Å². The summed E-state index contributed by atoms with van der Waals surface area (Å²) in [5.74, 6) is -1.33. The highest BCUT2D eigenvalue weighted by Crippen LogP contribution is 2.38. The zero-order valence-corrected chi connectivity index (χ0v) is 15.1. The highest BCUT2D eigenvalue weighted by molar-refractivity contribution is 8.00. The van der Waals surface area contributed by atoms with Crippen LogP contribution in [-0.4, -0.2) is 35.2 Å². The van der Waals surface area contributed by atoms with Crippen LogP contribution in [0.4, 0.5) is 5.69 Å². The predicted molar refractivity (Wildman–Crippen MR) is 97.9 cm³/mol. The molecule has 1 aliphatic rings. The minimum Gasteiger partial charge on any atom is -0.495 e. The third kappa shape index (κ3) is 3.30. The van der Waals surface area contributed by atoms with E-state index in [0.29, 0.717) is 16.3 Å². The van der Waals surface area contributed by atoms with Gasteiger partial charge in [-0.25, -0.2) is 9.69 Å². The van der Waals surface area contributed by atoms with Gasteiger partial charge in [0.25, 0.3) is 0 Å². The average Bonchev–Trinajstić information content (AvgIpc) is 2.88. The van der Waals surface area contributed by atoms with E-state index < -0.39 is 11.2 Å². The lowest BCUT2D eigenvalue weighted by atomic mass is 10.2. The van der Waals surface area contributed by atoms with E-state index in [-0.39, 0.29) is 23.8 Å². The van der Waals surface area contributed by atoms with Gasteiger partial charge in [0.15, 0.2) is 0 Å². The van der Waals surface area contributed by atoms with Crippen LogP contribution in [0.2, 0.25) is 0 Å². The standard InChI is InChI=1S/C19H17NO5S/c1-11-7-8-14(25-2)13(9-11)20-17(21)10-16(18(20)22)26-15-6-4-3-5-12(15)19(23)24/h3-9,16H,10H2,1-2H3,(H,23,24). The number of aromatic carboxylic acids is 1. The Hall–Kier alpha value is -2.80. The van der Waals surface area contributed by atoms with Gasteiger partial charge in [-0.2, -0.15) is 0 Å². The number of thioether (sulfide) groups is 1. The minimum absolute atomic E-state index is 0.00848. The minimum atomic E-state index is -1.07. The van der Waals surface area contributed by atoms with Gasteiger partial charge in [-0.15, -0.1) is 11.8 Å². The topological polar surface area (TPSA) is 83.9 Å². The molecule has 0 saturated carbocycles. The Morgan fingerprint density at radius 2 is 1.96 bits per heavy atom. The maximum Gasteiger partial charge on any atom is 0.336 e. The molecule has 1 aliphatic heterocycles. The van der Waals surface area contributed by atoms with Gasteiger partial charge in [0.1, 0.15) is 5.75 Å². The molecule has 1 unspecified atom stereocenters. The van der Waals surface area contributed by atoms with E-state index in [4.69, 9.17) is 4.74 Å². The van der Waals surface area contributed by atoms with Crippen molar-refractivity contribution in [1.29, 1.82) is 0 Å². The predicted octanol–water partition coefficient (Wildman–Crippen LogP) is 3.13. The molecular weight excluding hydrogens is 354 g/mol. The Labute approximate surface area is 154 Å².